The molecule has 1 saturated carbocycles. The molecule has 11 heteroatoms. The molecule has 0 aromatic carbocycles. The van der Waals surface area contributed by atoms with E-state index in [0.717, 1.165) is 24.0 Å². The number of aromatic nitrogens is 1. The quantitative estimate of drug-likeness (QED) is 0.494. The zero-order chi connectivity index (χ0) is 27.2. The normalized spacial score (nSPS) is 18.5. The molecule has 1 aromatic rings. The Hall–Kier alpha value is -3.08. The first-order chi connectivity index (χ1) is 17.5. The number of hydrogen-bond donors (Lipinski definition) is 1. The molecule has 3 rings (SSSR count). The summed E-state index contributed by atoms with van der Waals surface area (Å²) in [7, 11) is 2.89. The number of nitrogens with one attached hydrogen (secondary N) is 1. The number of carbonyl (C=O) groups is 3. The van der Waals surface area contributed by atoms with Crippen LogP contribution in [0.25, 0.3) is 0 Å². The van der Waals surface area contributed by atoms with E-state index in [4.69, 9.17) is 14.2 Å². The first-order valence-corrected chi connectivity index (χ1v) is 12.8. The molecule has 2 atom stereocenters. The molecule has 206 valence electrons. The van der Waals surface area contributed by atoms with E-state index in [-0.39, 0.29) is 31.1 Å². The van der Waals surface area contributed by atoms with Crippen molar-refractivity contribution < 1.29 is 33.3 Å². The Morgan fingerprint density at radius 2 is 2.00 bits per heavy atom. The minimum absolute atomic E-state index is 0.123. The Morgan fingerprint density at radius 1 is 1.27 bits per heavy atom. The molecule has 2 aliphatic rings. The van der Waals surface area contributed by atoms with Crippen LogP contribution in [0, 0.1) is 0 Å². The molecule has 11 nitrogen and oxygen atoms in total. The smallest absolute Gasteiger partial charge is 0.410 e. The number of carbonyl (C=O) groups excluding carboxylic acids is 3. The van der Waals surface area contributed by atoms with Gasteiger partial charge in [-0.3, -0.25) is 4.79 Å². The summed E-state index contributed by atoms with van der Waals surface area (Å²) in [5, 5.41) is 2.67. The topological polar surface area (TPSA) is 120 Å². The molecular weight excluding hydrogens is 480 g/mol. The van der Waals surface area contributed by atoms with Crippen LogP contribution in [-0.2, 0) is 25.4 Å². The molecule has 1 N–H and O–H groups in total. The molecule has 0 radical (unpaired) electrons. The molecule has 1 saturated heterocycles. The van der Waals surface area contributed by atoms with Gasteiger partial charge in [0.2, 0.25) is 5.88 Å². The second-order valence-electron chi connectivity index (χ2n) is 10.4. The van der Waals surface area contributed by atoms with Crippen molar-refractivity contribution in [3.8, 4) is 5.88 Å². The largest absolute Gasteiger partial charge is 0.481 e. The fraction of sp³-hybridized carbons (Fsp3) is 0.692. The van der Waals surface area contributed by atoms with Crippen LogP contribution < -0.4 is 10.1 Å². The molecule has 1 aromatic heterocycles. The highest BCUT2D eigenvalue weighted by atomic mass is 16.6. The molecule has 0 spiro atoms. The van der Waals surface area contributed by atoms with Gasteiger partial charge in [0.15, 0.2) is 6.10 Å². The number of alkyl carbamates (subject to hydrolysis) is 1. The van der Waals surface area contributed by atoms with Gasteiger partial charge in [-0.2, -0.15) is 0 Å². The van der Waals surface area contributed by atoms with Crippen LogP contribution in [0.15, 0.2) is 12.3 Å². The van der Waals surface area contributed by atoms with Crippen molar-refractivity contribution in [3.63, 3.8) is 0 Å². The number of ether oxygens (including phenoxy) is 4. The number of hydrogen-bond acceptors (Lipinski definition) is 8. The van der Waals surface area contributed by atoms with E-state index >= 15 is 0 Å². The van der Waals surface area contributed by atoms with Gasteiger partial charge < -0.3 is 34.1 Å². The van der Waals surface area contributed by atoms with Crippen LogP contribution in [0.5, 0.6) is 5.88 Å². The van der Waals surface area contributed by atoms with Crippen molar-refractivity contribution in [2.45, 2.75) is 77.2 Å². The first-order valence-electron chi connectivity index (χ1n) is 12.8. The average Bonchev–Trinajstić information content (AvgIpc) is 3.70. The average molecular weight is 521 g/mol. The number of rotatable bonds is 9. The zero-order valence-electron chi connectivity index (χ0n) is 22.7. The Kier molecular flexibility index (Phi) is 9.58. The summed E-state index contributed by atoms with van der Waals surface area (Å²) in [5.74, 6) is 0.379. The number of pyridine rings is 1. The van der Waals surface area contributed by atoms with Crippen molar-refractivity contribution in [2.24, 2.45) is 0 Å². The highest BCUT2D eigenvalue weighted by molar-refractivity contribution is 5.83. The van der Waals surface area contributed by atoms with E-state index in [9.17, 15) is 14.4 Å². The van der Waals surface area contributed by atoms with Crippen molar-refractivity contribution in [2.75, 3.05) is 40.5 Å². The lowest BCUT2D eigenvalue weighted by Crippen LogP contribution is -2.54. The molecule has 2 fully saturated rings. The molecule has 1 unspecified atom stereocenters. The number of nitrogens with zero attached hydrogens (tertiary/aromatic N) is 3. The van der Waals surface area contributed by atoms with Gasteiger partial charge in [0.25, 0.3) is 5.91 Å². The highest BCUT2D eigenvalue weighted by Gasteiger charge is 2.42. The van der Waals surface area contributed by atoms with E-state index < -0.39 is 23.9 Å². The standard InChI is InChI=1S/C26H40N4O7/c1-17(19-14-18(22(34-5)28-15-19)8-7-11-27-24(32)35-6)30(20-9-10-20)23(31)21-16-29(12-13-36-21)25(33)37-26(2,3)4/h14-15,17,20-21H,7-13,16H2,1-6H3,(H,27,32)/t17?,21-/m1/s1. The van der Waals surface area contributed by atoms with Gasteiger partial charge in [0.05, 0.1) is 33.4 Å². The Labute approximate surface area is 218 Å². The zero-order valence-corrected chi connectivity index (χ0v) is 22.7. The number of amides is 3. The number of aryl methyl sites for hydroxylation is 1. The summed E-state index contributed by atoms with van der Waals surface area (Å²) in [4.78, 5) is 45.5. The predicted octanol–water partition coefficient (Wildman–Crippen LogP) is 3.07. The Balaban J connectivity index is 1.71. The van der Waals surface area contributed by atoms with Crippen LogP contribution in [0.1, 0.15) is 64.1 Å². The van der Waals surface area contributed by atoms with E-state index in [1.54, 1.807) is 18.2 Å². The van der Waals surface area contributed by atoms with Crippen LogP contribution in [-0.4, -0.2) is 91.1 Å². The minimum Gasteiger partial charge on any atom is -0.481 e. The maximum atomic E-state index is 13.7. The second-order valence-corrected chi connectivity index (χ2v) is 10.4. The van der Waals surface area contributed by atoms with Gasteiger partial charge in [-0.05, 0) is 65.0 Å². The fourth-order valence-corrected chi connectivity index (χ4v) is 4.31. The monoisotopic (exact) mass is 520 g/mol. The van der Waals surface area contributed by atoms with E-state index in [2.05, 4.69) is 15.0 Å². The van der Waals surface area contributed by atoms with Gasteiger partial charge >= 0.3 is 12.2 Å². The SMILES string of the molecule is COC(=O)NCCCc1cc(C(C)N(C(=O)[C@H]2CN(C(=O)OC(C)(C)C)CCO2)C2CC2)cnc1OC. The van der Waals surface area contributed by atoms with Crippen molar-refractivity contribution in [1.82, 2.24) is 20.1 Å². The van der Waals surface area contributed by atoms with Crippen LogP contribution in [0.2, 0.25) is 0 Å². The molecule has 1 aliphatic carbocycles. The highest BCUT2D eigenvalue weighted by Crippen LogP contribution is 2.36. The predicted molar refractivity (Wildman–Crippen MR) is 135 cm³/mol. The van der Waals surface area contributed by atoms with Gasteiger partial charge in [-0.1, -0.05) is 0 Å². The maximum absolute atomic E-state index is 13.7. The Morgan fingerprint density at radius 3 is 2.62 bits per heavy atom. The fourth-order valence-electron chi connectivity index (χ4n) is 4.31. The molecule has 37 heavy (non-hydrogen) atoms. The maximum Gasteiger partial charge on any atom is 0.410 e. The van der Waals surface area contributed by atoms with Gasteiger partial charge in [0, 0.05) is 30.9 Å². The van der Waals surface area contributed by atoms with Crippen LogP contribution in [0.4, 0.5) is 9.59 Å². The number of morpholine rings is 1. The minimum atomic E-state index is -0.751. The van der Waals surface area contributed by atoms with E-state index in [1.807, 2.05) is 38.7 Å². The van der Waals surface area contributed by atoms with E-state index in [0.29, 0.717) is 31.8 Å². The first kappa shape index (κ1) is 28.5. The number of methoxy groups -OCH3 is 2. The summed E-state index contributed by atoms with van der Waals surface area (Å²) in [6.45, 7) is 8.70. The lowest BCUT2D eigenvalue weighted by Gasteiger charge is -2.37. The lowest BCUT2D eigenvalue weighted by molar-refractivity contribution is -0.151. The van der Waals surface area contributed by atoms with Gasteiger partial charge in [0.1, 0.15) is 5.60 Å². The molecule has 3 amide bonds. The van der Waals surface area contributed by atoms with Crippen molar-refractivity contribution in [1.29, 1.82) is 0 Å². The second kappa shape index (κ2) is 12.4. The van der Waals surface area contributed by atoms with Crippen LogP contribution >= 0.6 is 0 Å². The van der Waals surface area contributed by atoms with Gasteiger partial charge in [-0.15, -0.1) is 0 Å². The van der Waals surface area contributed by atoms with Gasteiger partial charge in [-0.25, -0.2) is 14.6 Å². The molecular formula is C26H40N4O7. The summed E-state index contributed by atoms with van der Waals surface area (Å²) in [6.07, 6.45) is 3.23. The van der Waals surface area contributed by atoms with Crippen LogP contribution in [0.3, 0.4) is 0 Å². The Bertz CT molecular complexity index is 961. The molecule has 1 aliphatic heterocycles. The van der Waals surface area contributed by atoms with E-state index in [1.165, 1.54) is 7.11 Å². The third-order valence-electron chi connectivity index (χ3n) is 6.31. The molecule has 0 bridgehead atoms. The van der Waals surface area contributed by atoms with Crippen molar-refractivity contribution >= 4 is 18.1 Å². The molecule has 2 heterocycles. The summed E-state index contributed by atoms with van der Waals surface area (Å²) < 4.78 is 21.4. The third-order valence-corrected chi connectivity index (χ3v) is 6.31. The van der Waals surface area contributed by atoms with Crippen molar-refractivity contribution in [3.05, 3.63) is 23.4 Å². The lowest BCUT2D eigenvalue weighted by atomic mass is 10.0. The third kappa shape index (κ3) is 7.95. The summed E-state index contributed by atoms with van der Waals surface area (Å²) >= 11 is 0. The summed E-state index contributed by atoms with van der Waals surface area (Å²) in [5.41, 5.74) is 1.17. The summed E-state index contributed by atoms with van der Waals surface area (Å²) in [6, 6.07) is 1.88.